The topological polar surface area (TPSA) is 67.1 Å². The molecule has 1 aromatic heterocycles. The van der Waals surface area contributed by atoms with Crippen molar-refractivity contribution in [1.29, 1.82) is 0 Å². The molecular weight excluding hydrogens is 202 g/mol. The zero-order valence-electron chi connectivity index (χ0n) is 10.5. The van der Waals surface area contributed by atoms with E-state index in [1.807, 2.05) is 32.0 Å². The molecule has 16 heavy (non-hydrogen) atoms. The summed E-state index contributed by atoms with van der Waals surface area (Å²) in [6.45, 7) is 5.51. The second-order valence-corrected chi connectivity index (χ2v) is 4.27. The lowest BCUT2D eigenvalue weighted by atomic mass is 10.2. The van der Waals surface area contributed by atoms with Gasteiger partial charge in [0, 0.05) is 26.7 Å². The van der Waals surface area contributed by atoms with E-state index < -0.39 is 0 Å². The minimum Gasteiger partial charge on any atom is -0.370 e. The second-order valence-electron chi connectivity index (χ2n) is 4.27. The smallest absolute Gasteiger partial charge is 0.133 e. The summed E-state index contributed by atoms with van der Waals surface area (Å²) >= 11 is 0. The van der Waals surface area contributed by atoms with Crippen LogP contribution in [0.4, 0.5) is 11.6 Å². The van der Waals surface area contributed by atoms with Crippen LogP contribution in [-0.4, -0.2) is 37.2 Å². The average Bonchev–Trinajstić information content (AvgIpc) is 2.25. The molecule has 0 radical (unpaired) electrons. The van der Waals surface area contributed by atoms with E-state index in [-0.39, 0.29) is 0 Å². The molecule has 3 N–H and O–H groups in total. The Bertz CT molecular complexity index is 337. The van der Waals surface area contributed by atoms with Gasteiger partial charge in [-0.1, -0.05) is 6.92 Å². The van der Waals surface area contributed by atoms with Crippen LogP contribution in [0.15, 0.2) is 6.07 Å². The Balaban J connectivity index is 2.72. The van der Waals surface area contributed by atoms with Crippen LogP contribution in [-0.2, 0) is 0 Å². The first-order valence-electron chi connectivity index (χ1n) is 5.50. The van der Waals surface area contributed by atoms with Gasteiger partial charge in [-0.05, 0) is 19.4 Å². The summed E-state index contributed by atoms with van der Waals surface area (Å²) in [4.78, 5) is 10.6. The predicted octanol–water partition coefficient (Wildman–Crippen LogP) is 0.858. The van der Waals surface area contributed by atoms with Gasteiger partial charge in [-0.2, -0.15) is 0 Å². The molecule has 0 spiro atoms. The molecule has 0 amide bonds. The Hall–Kier alpha value is -1.36. The third-order valence-corrected chi connectivity index (χ3v) is 2.32. The number of nitrogens with one attached hydrogen (secondary N) is 1. The molecule has 0 aromatic carbocycles. The molecule has 5 nitrogen and oxygen atoms in total. The number of nitrogens with two attached hydrogens (primary N) is 1. The summed E-state index contributed by atoms with van der Waals surface area (Å²) in [7, 11) is 3.93. The predicted molar refractivity (Wildman–Crippen MR) is 67.8 cm³/mol. The van der Waals surface area contributed by atoms with Crippen LogP contribution in [0.2, 0.25) is 0 Å². The van der Waals surface area contributed by atoms with Gasteiger partial charge in [0.25, 0.3) is 0 Å². The fourth-order valence-electron chi connectivity index (χ4n) is 1.23. The van der Waals surface area contributed by atoms with E-state index in [1.54, 1.807) is 0 Å². The molecule has 0 saturated heterocycles. The maximum absolute atomic E-state index is 5.56. The normalized spacial score (nSPS) is 12.3. The summed E-state index contributed by atoms with van der Waals surface area (Å²) in [5.41, 5.74) is 5.56. The van der Waals surface area contributed by atoms with Crippen molar-refractivity contribution < 1.29 is 0 Å². The first-order valence-corrected chi connectivity index (χ1v) is 5.50. The highest BCUT2D eigenvalue weighted by Gasteiger charge is 2.04. The Morgan fingerprint density at radius 2 is 2.12 bits per heavy atom. The Morgan fingerprint density at radius 3 is 2.69 bits per heavy atom. The van der Waals surface area contributed by atoms with Crippen LogP contribution in [0, 0.1) is 12.8 Å². The van der Waals surface area contributed by atoms with E-state index in [1.165, 1.54) is 0 Å². The van der Waals surface area contributed by atoms with Crippen molar-refractivity contribution in [2.45, 2.75) is 13.8 Å². The maximum atomic E-state index is 5.56. The molecule has 0 saturated carbocycles. The number of anilines is 2. The number of aryl methyl sites for hydroxylation is 1. The fraction of sp³-hybridized carbons (Fsp3) is 0.636. The van der Waals surface area contributed by atoms with Gasteiger partial charge in [0.15, 0.2) is 0 Å². The van der Waals surface area contributed by atoms with Crippen molar-refractivity contribution in [3.63, 3.8) is 0 Å². The third-order valence-electron chi connectivity index (χ3n) is 2.32. The lowest BCUT2D eigenvalue weighted by Crippen LogP contribution is -2.21. The van der Waals surface area contributed by atoms with Crippen LogP contribution in [0.5, 0.6) is 0 Å². The first kappa shape index (κ1) is 12.7. The Morgan fingerprint density at radius 1 is 1.44 bits per heavy atom. The van der Waals surface area contributed by atoms with Gasteiger partial charge in [-0.15, -0.1) is 0 Å². The van der Waals surface area contributed by atoms with Crippen molar-refractivity contribution in [2.24, 2.45) is 11.7 Å². The molecular formula is C11H21N5. The number of nitrogens with zero attached hydrogens (tertiary/aromatic N) is 3. The Labute approximate surface area is 97.1 Å². The van der Waals surface area contributed by atoms with Crippen LogP contribution in [0.25, 0.3) is 0 Å². The van der Waals surface area contributed by atoms with Crippen LogP contribution >= 0.6 is 0 Å². The molecule has 1 unspecified atom stereocenters. The minimum atomic E-state index is 0.443. The average molecular weight is 223 g/mol. The molecule has 0 fully saturated rings. The summed E-state index contributed by atoms with van der Waals surface area (Å²) < 4.78 is 0. The van der Waals surface area contributed by atoms with Crippen LogP contribution in [0.3, 0.4) is 0 Å². The van der Waals surface area contributed by atoms with Gasteiger partial charge in [-0.3, -0.25) is 0 Å². The van der Waals surface area contributed by atoms with E-state index in [0.29, 0.717) is 12.5 Å². The molecule has 0 aliphatic heterocycles. The summed E-state index contributed by atoms with van der Waals surface area (Å²) in [6.07, 6.45) is 0. The highest BCUT2D eigenvalue weighted by molar-refractivity contribution is 5.48. The van der Waals surface area contributed by atoms with E-state index in [4.69, 9.17) is 5.73 Å². The highest BCUT2D eigenvalue weighted by atomic mass is 15.2. The van der Waals surface area contributed by atoms with E-state index >= 15 is 0 Å². The molecule has 1 rings (SSSR count). The molecule has 0 aliphatic carbocycles. The molecule has 1 atom stereocenters. The third kappa shape index (κ3) is 3.66. The molecule has 1 aromatic rings. The fourth-order valence-corrected chi connectivity index (χ4v) is 1.23. The molecule has 1 heterocycles. The molecule has 0 aliphatic rings. The highest BCUT2D eigenvalue weighted by Crippen LogP contribution is 2.13. The zero-order valence-corrected chi connectivity index (χ0v) is 10.5. The van der Waals surface area contributed by atoms with Crippen molar-refractivity contribution in [2.75, 3.05) is 37.4 Å². The van der Waals surface area contributed by atoms with Gasteiger partial charge >= 0.3 is 0 Å². The molecule has 5 heteroatoms. The zero-order chi connectivity index (χ0) is 12.1. The van der Waals surface area contributed by atoms with Gasteiger partial charge in [0.05, 0.1) is 0 Å². The minimum absolute atomic E-state index is 0.443. The van der Waals surface area contributed by atoms with Crippen molar-refractivity contribution in [3.05, 3.63) is 11.9 Å². The monoisotopic (exact) mass is 223 g/mol. The van der Waals surface area contributed by atoms with Crippen LogP contribution in [0.1, 0.15) is 12.7 Å². The van der Waals surface area contributed by atoms with E-state index in [9.17, 15) is 0 Å². The van der Waals surface area contributed by atoms with Crippen molar-refractivity contribution in [3.8, 4) is 0 Å². The molecule has 0 bridgehead atoms. The van der Waals surface area contributed by atoms with E-state index in [0.717, 1.165) is 24.0 Å². The van der Waals surface area contributed by atoms with Gasteiger partial charge in [0.1, 0.15) is 17.5 Å². The van der Waals surface area contributed by atoms with Crippen molar-refractivity contribution >= 4 is 11.6 Å². The number of hydrogen-bond acceptors (Lipinski definition) is 5. The number of rotatable bonds is 5. The largest absolute Gasteiger partial charge is 0.370 e. The number of hydrogen-bond donors (Lipinski definition) is 2. The number of aromatic nitrogens is 2. The van der Waals surface area contributed by atoms with Gasteiger partial charge < -0.3 is 16.0 Å². The summed E-state index contributed by atoms with van der Waals surface area (Å²) in [6, 6.07) is 1.94. The maximum Gasteiger partial charge on any atom is 0.133 e. The second kappa shape index (κ2) is 5.65. The summed E-state index contributed by atoms with van der Waals surface area (Å²) in [5, 5.41) is 3.27. The lowest BCUT2D eigenvalue weighted by Gasteiger charge is -2.15. The Kier molecular flexibility index (Phi) is 4.49. The lowest BCUT2D eigenvalue weighted by molar-refractivity contribution is 0.626. The first-order chi connectivity index (χ1) is 7.52. The molecule has 90 valence electrons. The van der Waals surface area contributed by atoms with Crippen molar-refractivity contribution in [1.82, 2.24) is 9.97 Å². The van der Waals surface area contributed by atoms with Gasteiger partial charge in [0.2, 0.25) is 0 Å². The summed E-state index contributed by atoms with van der Waals surface area (Å²) in [5.74, 6) is 2.99. The SMILES string of the molecule is Cc1nc(NCC(C)CN)cc(N(C)C)n1. The van der Waals surface area contributed by atoms with E-state index in [2.05, 4.69) is 22.2 Å². The van der Waals surface area contributed by atoms with Gasteiger partial charge in [-0.25, -0.2) is 9.97 Å². The quantitative estimate of drug-likeness (QED) is 0.775. The standard InChI is InChI=1S/C11H21N5/c1-8(6-12)7-13-10-5-11(16(3)4)15-9(2)14-10/h5,8H,6-7,12H2,1-4H3,(H,13,14,15). The van der Waals surface area contributed by atoms with Crippen LogP contribution < -0.4 is 16.0 Å².